The zero-order chi connectivity index (χ0) is 14.4. The fourth-order valence-electron chi connectivity index (χ4n) is 2.99. The Kier molecular flexibility index (Phi) is 2.61. The van der Waals surface area contributed by atoms with Crippen LogP contribution in [0.15, 0.2) is 36.7 Å². The Hall–Kier alpha value is -2.55. The molecule has 0 spiro atoms. The molecule has 1 aliphatic heterocycles. The lowest BCUT2D eigenvalue weighted by atomic mass is 10.1. The van der Waals surface area contributed by atoms with Crippen molar-refractivity contribution in [3.63, 3.8) is 0 Å². The predicted molar refractivity (Wildman–Crippen MR) is 86.7 cm³/mol. The lowest BCUT2D eigenvalue weighted by molar-refractivity contribution is 0.999. The maximum atomic E-state index is 4.28. The van der Waals surface area contributed by atoms with Gasteiger partial charge in [0.25, 0.3) is 0 Å². The zero-order valence-electron chi connectivity index (χ0n) is 12.2. The summed E-state index contributed by atoms with van der Waals surface area (Å²) in [7, 11) is 0. The minimum Gasteiger partial charge on any atom is -0.387 e. The summed E-state index contributed by atoms with van der Waals surface area (Å²) in [6.07, 6.45) is 8.14. The van der Waals surface area contributed by atoms with E-state index in [4.69, 9.17) is 0 Å². The molecule has 0 amide bonds. The van der Waals surface area contributed by atoms with Gasteiger partial charge in [-0.2, -0.15) is 0 Å². The van der Waals surface area contributed by atoms with Crippen molar-refractivity contribution in [1.29, 1.82) is 0 Å². The van der Waals surface area contributed by atoms with Crippen LogP contribution in [0.3, 0.4) is 0 Å². The van der Waals surface area contributed by atoms with Crippen LogP contribution >= 0.6 is 0 Å². The third kappa shape index (κ3) is 1.77. The van der Waals surface area contributed by atoms with Crippen molar-refractivity contribution in [3.05, 3.63) is 58.4 Å². The van der Waals surface area contributed by atoms with Crippen molar-refractivity contribution < 1.29 is 0 Å². The third-order valence-electron chi connectivity index (χ3n) is 4.25. The molecule has 21 heavy (non-hydrogen) atoms. The van der Waals surface area contributed by atoms with E-state index < -0.39 is 0 Å². The van der Waals surface area contributed by atoms with E-state index in [0.29, 0.717) is 0 Å². The van der Waals surface area contributed by atoms with Crippen LogP contribution in [0.4, 0.5) is 0 Å². The third-order valence-corrected chi connectivity index (χ3v) is 4.25. The average molecular weight is 275 g/mol. The van der Waals surface area contributed by atoms with Gasteiger partial charge in [0.05, 0.1) is 10.9 Å². The fourth-order valence-corrected chi connectivity index (χ4v) is 2.99. The van der Waals surface area contributed by atoms with Gasteiger partial charge in [-0.25, -0.2) is 0 Å². The molecule has 0 atom stereocenters. The summed E-state index contributed by atoms with van der Waals surface area (Å²) in [5, 5.41) is 6.96. The van der Waals surface area contributed by atoms with Crippen LogP contribution in [0.2, 0.25) is 0 Å². The number of rotatable bonds is 1. The molecule has 104 valence electrons. The molecule has 0 fully saturated rings. The maximum absolute atomic E-state index is 4.28. The summed E-state index contributed by atoms with van der Waals surface area (Å²) in [5.74, 6) is 0. The predicted octanol–water partition coefficient (Wildman–Crippen LogP) is 1.76. The molecule has 3 aromatic rings. The van der Waals surface area contributed by atoms with Crippen LogP contribution in [0, 0.1) is 13.8 Å². The van der Waals surface area contributed by atoms with Gasteiger partial charge >= 0.3 is 0 Å². The molecule has 0 unspecified atom stereocenters. The number of pyridine rings is 1. The molecule has 0 bridgehead atoms. The normalized spacial score (nSPS) is 13.2. The Morgan fingerprint density at radius 1 is 1.14 bits per heavy atom. The van der Waals surface area contributed by atoms with Crippen molar-refractivity contribution in [2.24, 2.45) is 0 Å². The zero-order valence-corrected chi connectivity index (χ0v) is 12.2. The standard InChI is InChI=1S/C18H17N3/c1-12-3-4-14(9-13(12)2)21-17-5-7-19-10-15(17)16-11-20-8-6-18(16)21/h3-7,9-11,20H,8H2,1-2H3. The first-order valence-electron chi connectivity index (χ1n) is 7.21. The monoisotopic (exact) mass is 275 g/mol. The molecular weight excluding hydrogens is 258 g/mol. The van der Waals surface area contributed by atoms with E-state index in [1.54, 1.807) is 0 Å². The van der Waals surface area contributed by atoms with Gasteiger partial charge < -0.3 is 9.88 Å². The highest BCUT2D eigenvalue weighted by atomic mass is 15.0. The van der Waals surface area contributed by atoms with E-state index in [1.807, 2.05) is 12.4 Å². The Morgan fingerprint density at radius 3 is 2.90 bits per heavy atom. The number of fused-ring (bicyclic) bond motifs is 3. The topological polar surface area (TPSA) is 29.9 Å². The number of nitrogens with one attached hydrogen (secondary N) is 1. The maximum Gasteiger partial charge on any atom is 0.0572 e. The number of benzene rings is 1. The summed E-state index contributed by atoms with van der Waals surface area (Å²) in [4.78, 5) is 4.28. The Bertz CT molecular complexity index is 964. The molecule has 2 aromatic heterocycles. The van der Waals surface area contributed by atoms with Gasteiger partial charge in [-0.15, -0.1) is 0 Å². The first-order chi connectivity index (χ1) is 10.3. The van der Waals surface area contributed by atoms with Gasteiger partial charge in [0.1, 0.15) is 0 Å². The van der Waals surface area contributed by atoms with E-state index in [2.05, 4.69) is 65.3 Å². The fraction of sp³-hybridized carbons (Fsp3) is 0.167. The number of aryl methyl sites for hydroxylation is 2. The molecule has 0 radical (unpaired) electrons. The van der Waals surface area contributed by atoms with Crippen LogP contribution < -0.4 is 15.9 Å². The average Bonchev–Trinajstić information content (AvgIpc) is 2.85. The Labute approximate surface area is 123 Å². The highest BCUT2D eigenvalue weighted by Gasteiger charge is 2.11. The van der Waals surface area contributed by atoms with Crippen LogP contribution in [-0.2, 0) is 0 Å². The van der Waals surface area contributed by atoms with Crippen LogP contribution in [0.25, 0.3) is 28.9 Å². The van der Waals surface area contributed by atoms with Crippen LogP contribution in [-0.4, -0.2) is 16.1 Å². The number of hydrogen-bond donors (Lipinski definition) is 1. The summed E-state index contributed by atoms with van der Waals surface area (Å²) in [5.41, 5.74) is 5.05. The van der Waals surface area contributed by atoms with Crippen molar-refractivity contribution in [2.45, 2.75) is 13.8 Å². The summed E-state index contributed by atoms with van der Waals surface area (Å²) in [6, 6.07) is 8.73. The van der Waals surface area contributed by atoms with Crippen molar-refractivity contribution in [2.75, 3.05) is 6.54 Å². The molecule has 3 heterocycles. The number of nitrogens with zero attached hydrogens (tertiary/aromatic N) is 2. The molecular formula is C18H17N3. The van der Waals surface area contributed by atoms with Crippen molar-refractivity contribution in [3.8, 4) is 5.69 Å². The van der Waals surface area contributed by atoms with Crippen LogP contribution in [0.5, 0.6) is 0 Å². The van der Waals surface area contributed by atoms with Gasteiger partial charge in [-0.05, 0) is 49.2 Å². The Balaban J connectivity index is 2.16. The molecule has 1 aromatic carbocycles. The second-order valence-electron chi connectivity index (χ2n) is 5.55. The highest BCUT2D eigenvalue weighted by molar-refractivity contribution is 5.83. The van der Waals surface area contributed by atoms with Crippen molar-refractivity contribution in [1.82, 2.24) is 14.9 Å². The van der Waals surface area contributed by atoms with E-state index >= 15 is 0 Å². The van der Waals surface area contributed by atoms with E-state index in [-0.39, 0.29) is 0 Å². The van der Waals surface area contributed by atoms with Gasteiger partial charge in [0.15, 0.2) is 0 Å². The molecule has 0 aliphatic carbocycles. The number of hydrogen-bond acceptors (Lipinski definition) is 2. The lowest BCUT2D eigenvalue weighted by Gasteiger charge is -2.10. The van der Waals surface area contributed by atoms with E-state index in [1.165, 1.54) is 38.3 Å². The molecule has 3 nitrogen and oxygen atoms in total. The number of aromatic nitrogens is 2. The molecule has 1 aliphatic rings. The van der Waals surface area contributed by atoms with Gasteiger partial charge in [-0.1, -0.05) is 6.07 Å². The Morgan fingerprint density at radius 2 is 2.05 bits per heavy atom. The first kappa shape index (κ1) is 12.2. The summed E-state index contributed by atoms with van der Waals surface area (Å²) >= 11 is 0. The van der Waals surface area contributed by atoms with E-state index in [9.17, 15) is 0 Å². The van der Waals surface area contributed by atoms with Crippen molar-refractivity contribution >= 4 is 23.2 Å². The summed E-state index contributed by atoms with van der Waals surface area (Å²) < 4.78 is 2.33. The molecule has 0 saturated carbocycles. The second kappa shape index (κ2) is 4.48. The first-order valence-corrected chi connectivity index (χ1v) is 7.21. The minimum absolute atomic E-state index is 0.863. The van der Waals surface area contributed by atoms with Crippen LogP contribution in [0.1, 0.15) is 11.1 Å². The molecule has 0 saturated heterocycles. The summed E-state index contributed by atoms with van der Waals surface area (Å²) in [6.45, 7) is 5.17. The smallest absolute Gasteiger partial charge is 0.0572 e. The van der Waals surface area contributed by atoms with Gasteiger partial charge in [0, 0.05) is 41.4 Å². The second-order valence-corrected chi connectivity index (χ2v) is 5.55. The van der Waals surface area contributed by atoms with Gasteiger partial charge in [0.2, 0.25) is 0 Å². The molecule has 4 rings (SSSR count). The quantitative estimate of drug-likeness (QED) is 0.733. The highest BCUT2D eigenvalue weighted by Crippen LogP contribution is 2.17. The lowest BCUT2D eigenvalue weighted by Crippen LogP contribution is -2.35. The van der Waals surface area contributed by atoms with E-state index in [0.717, 1.165) is 6.54 Å². The SMILES string of the molecule is Cc1ccc(-n2c3c(c4cnccc42)=CNCC=3)cc1C. The minimum atomic E-state index is 0.863. The molecule has 3 heteroatoms. The van der Waals surface area contributed by atoms with Gasteiger partial charge in [-0.3, -0.25) is 4.98 Å². The molecule has 1 N–H and O–H groups in total. The largest absolute Gasteiger partial charge is 0.387 e.